The third-order valence-electron chi connectivity index (χ3n) is 4.53. The molecule has 172 valence electrons. The third-order valence-corrected chi connectivity index (χ3v) is 4.53. The number of hydrogen-bond donors (Lipinski definition) is 2. The molecule has 31 heavy (non-hydrogen) atoms. The number of carbonyl (C=O) groups is 3. The summed E-state index contributed by atoms with van der Waals surface area (Å²) in [6.07, 6.45) is 3.47. The highest BCUT2D eigenvalue weighted by molar-refractivity contribution is 5.85. The molecule has 1 rings (SSSR count). The van der Waals surface area contributed by atoms with E-state index in [0.717, 1.165) is 0 Å². The summed E-state index contributed by atoms with van der Waals surface area (Å²) in [5, 5.41) is 9.02. The van der Waals surface area contributed by atoms with E-state index < -0.39 is 34.8 Å². The molecule has 0 fully saturated rings. The van der Waals surface area contributed by atoms with E-state index in [1.807, 2.05) is 27.7 Å². The van der Waals surface area contributed by atoms with Crippen molar-refractivity contribution < 1.29 is 29.0 Å². The standard InChI is InChI=1S/C23H31NO6.ClH/c1-7-22(3,4)13-19(25)29-17-10-9-15(11-16(24)21(27)28)12-18(17)30-20(26)14-23(5,6)8-2;/h7-10,12,16H,1-2,11,13-14,24H2,3-6H3,(H,27,28);1H/t16-;/m0./s1. The van der Waals surface area contributed by atoms with Crippen LogP contribution in [0.4, 0.5) is 0 Å². The zero-order chi connectivity index (χ0) is 23.1. The minimum Gasteiger partial charge on any atom is -0.480 e. The quantitative estimate of drug-likeness (QED) is 0.294. The molecule has 0 amide bonds. The topological polar surface area (TPSA) is 116 Å². The summed E-state index contributed by atoms with van der Waals surface area (Å²) in [6.45, 7) is 14.8. The fraction of sp³-hybridized carbons (Fsp3) is 0.435. The molecule has 0 saturated heterocycles. The van der Waals surface area contributed by atoms with Crippen molar-refractivity contribution in [3.63, 3.8) is 0 Å². The second-order valence-corrected chi connectivity index (χ2v) is 8.62. The van der Waals surface area contributed by atoms with Gasteiger partial charge in [0.1, 0.15) is 6.04 Å². The first kappa shape index (κ1) is 28.4. The number of hydrogen-bond acceptors (Lipinski definition) is 6. The van der Waals surface area contributed by atoms with E-state index in [1.165, 1.54) is 12.1 Å². The molecule has 0 bridgehead atoms. The van der Waals surface area contributed by atoms with Crippen molar-refractivity contribution in [2.45, 2.75) is 53.0 Å². The summed E-state index contributed by atoms with van der Waals surface area (Å²) in [5.41, 5.74) is 5.18. The summed E-state index contributed by atoms with van der Waals surface area (Å²) in [6, 6.07) is 3.39. The maximum absolute atomic E-state index is 12.4. The van der Waals surface area contributed by atoms with E-state index in [1.54, 1.807) is 18.2 Å². The van der Waals surface area contributed by atoms with Crippen molar-refractivity contribution in [2.75, 3.05) is 0 Å². The fourth-order valence-corrected chi connectivity index (χ4v) is 2.39. The highest BCUT2D eigenvalue weighted by atomic mass is 35.5. The summed E-state index contributed by atoms with van der Waals surface area (Å²) < 4.78 is 10.9. The molecule has 1 atom stereocenters. The van der Waals surface area contributed by atoms with Gasteiger partial charge in [0.15, 0.2) is 11.5 Å². The van der Waals surface area contributed by atoms with Gasteiger partial charge in [0, 0.05) is 0 Å². The lowest BCUT2D eigenvalue weighted by Crippen LogP contribution is -2.32. The van der Waals surface area contributed by atoms with Gasteiger partial charge in [-0.1, -0.05) is 45.9 Å². The van der Waals surface area contributed by atoms with E-state index in [0.29, 0.717) is 5.56 Å². The molecule has 8 heteroatoms. The molecule has 0 unspecified atom stereocenters. The zero-order valence-electron chi connectivity index (χ0n) is 18.5. The minimum atomic E-state index is -1.15. The second kappa shape index (κ2) is 11.7. The lowest BCUT2D eigenvalue weighted by molar-refractivity contribution is -0.139. The van der Waals surface area contributed by atoms with E-state index >= 15 is 0 Å². The maximum atomic E-state index is 12.4. The van der Waals surface area contributed by atoms with Gasteiger partial charge in [-0.3, -0.25) is 14.4 Å². The lowest BCUT2D eigenvalue weighted by Gasteiger charge is -2.20. The maximum Gasteiger partial charge on any atom is 0.320 e. The van der Waals surface area contributed by atoms with Gasteiger partial charge in [0.25, 0.3) is 0 Å². The van der Waals surface area contributed by atoms with Crippen LogP contribution in [0.1, 0.15) is 46.1 Å². The Bertz CT molecular complexity index is 831. The van der Waals surface area contributed by atoms with Gasteiger partial charge in [-0.15, -0.1) is 25.6 Å². The number of carboxylic acids is 1. The molecule has 7 nitrogen and oxygen atoms in total. The number of aliphatic carboxylic acids is 1. The first-order valence-corrected chi connectivity index (χ1v) is 9.58. The van der Waals surface area contributed by atoms with Gasteiger partial charge < -0.3 is 20.3 Å². The number of carboxylic acid groups (broad SMARTS) is 1. The fourth-order valence-electron chi connectivity index (χ4n) is 2.39. The summed E-state index contributed by atoms with van der Waals surface area (Å²) in [4.78, 5) is 35.8. The van der Waals surface area contributed by atoms with Crippen molar-refractivity contribution in [1.82, 2.24) is 0 Å². The smallest absolute Gasteiger partial charge is 0.320 e. The van der Waals surface area contributed by atoms with E-state index in [4.69, 9.17) is 20.3 Å². The molecule has 0 aliphatic heterocycles. The molecule has 0 spiro atoms. The van der Waals surface area contributed by atoms with Gasteiger partial charge >= 0.3 is 17.9 Å². The SMILES string of the molecule is C=CC(C)(C)CC(=O)Oc1ccc(C[C@H](N)C(=O)O)cc1OC(=O)CC(C)(C)C=C.Cl. The molecule has 0 aliphatic rings. The number of carbonyl (C=O) groups excluding carboxylic acids is 2. The van der Waals surface area contributed by atoms with Crippen molar-refractivity contribution in [1.29, 1.82) is 0 Å². The number of halogens is 1. The van der Waals surface area contributed by atoms with Crippen LogP contribution in [0.5, 0.6) is 11.5 Å². The van der Waals surface area contributed by atoms with Gasteiger partial charge in [-0.2, -0.15) is 0 Å². The molecule has 0 heterocycles. The molecule has 1 aromatic carbocycles. The minimum absolute atomic E-state index is 0. The molecule has 0 saturated carbocycles. The van der Waals surface area contributed by atoms with Crippen LogP contribution < -0.4 is 15.2 Å². The molecule has 0 radical (unpaired) electrons. The molecule has 1 aromatic rings. The number of benzene rings is 1. The van der Waals surface area contributed by atoms with Crippen LogP contribution in [-0.2, 0) is 20.8 Å². The van der Waals surface area contributed by atoms with Crippen LogP contribution in [0.25, 0.3) is 0 Å². The molecular formula is C23H32ClNO6. The average Bonchev–Trinajstić information content (AvgIpc) is 2.62. The van der Waals surface area contributed by atoms with Crippen LogP contribution >= 0.6 is 12.4 Å². The van der Waals surface area contributed by atoms with Gasteiger partial charge in [0.05, 0.1) is 12.8 Å². The van der Waals surface area contributed by atoms with E-state index in [-0.39, 0.29) is 43.2 Å². The van der Waals surface area contributed by atoms with Crippen LogP contribution in [0.2, 0.25) is 0 Å². The Morgan fingerprint density at radius 3 is 1.87 bits per heavy atom. The van der Waals surface area contributed by atoms with Crippen LogP contribution in [0.3, 0.4) is 0 Å². The van der Waals surface area contributed by atoms with Gasteiger partial charge in [-0.25, -0.2) is 0 Å². The molecule has 0 aliphatic carbocycles. The highest BCUT2D eigenvalue weighted by Gasteiger charge is 2.24. The van der Waals surface area contributed by atoms with Crippen molar-refractivity contribution in [3.8, 4) is 11.5 Å². The largest absolute Gasteiger partial charge is 0.480 e. The second-order valence-electron chi connectivity index (χ2n) is 8.62. The van der Waals surface area contributed by atoms with Gasteiger partial charge in [0.2, 0.25) is 0 Å². The predicted octanol–water partition coefficient (Wildman–Crippen LogP) is 4.08. The Balaban J connectivity index is 0.00000900. The highest BCUT2D eigenvalue weighted by Crippen LogP contribution is 2.32. The normalized spacial score (nSPS) is 12.2. The Morgan fingerprint density at radius 1 is 1.00 bits per heavy atom. The Morgan fingerprint density at radius 2 is 1.45 bits per heavy atom. The van der Waals surface area contributed by atoms with Crippen molar-refractivity contribution >= 4 is 30.3 Å². The van der Waals surface area contributed by atoms with Crippen LogP contribution in [0.15, 0.2) is 43.5 Å². The number of allylic oxidation sites excluding steroid dienone is 2. The van der Waals surface area contributed by atoms with Gasteiger partial charge in [-0.05, 0) is 34.9 Å². The summed E-state index contributed by atoms with van der Waals surface area (Å²) >= 11 is 0. The van der Waals surface area contributed by atoms with Crippen LogP contribution in [0, 0.1) is 10.8 Å². The zero-order valence-corrected chi connectivity index (χ0v) is 19.3. The van der Waals surface area contributed by atoms with Crippen molar-refractivity contribution in [3.05, 3.63) is 49.1 Å². The first-order chi connectivity index (χ1) is 13.8. The number of rotatable bonds is 11. The predicted molar refractivity (Wildman–Crippen MR) is 121 cm³/mol. The average molecular weight is 454 g/mol. The summed E-state index contributed by atoms with van der Waals surface area (Å²) in [5.74, 6) is -2.11. The van der Waals surface area contributed by atoms with E-state index in [9.17, 15) is 14.4 Å². The Kier molecular flexibility index (Phi) is 10.7. The molecular weight excluding hydrogens is 422 g/mol. The number of ether oxygens (including phenoxy) is 2. The number of nitrogens with two attached hydrogens (primary N) is 1. The Labute approximate surface area is 189 Å². The van der Waals surface area contributed by atoms with Crippen molar-refractivity contribution in [2.24, 2.45) is 16.6 Å². The molecule has 3 N–H and O–H groups in total. The number of esters is 2. The monoisotopic (exact) mass is 453 g/mol. The Hall–Kier alpha value is -2.64. The summed E-state index contributed by atoms with van der Waals surface area (Å²) in [7, 11) is 0. The lowest BCUT2D eigenvalue weighted by atomic mass is 9.90. The molecule has 0 aromatic heterocycles. The first-order valence-electron chi connectivity index (χ1n) is 9.58. The van der Waals surface area contributed by atoms with E-state index in [2.05, 4.69) is 13.2 Å². The third kappa shape index (κ3) is 9.81. The van der Waals surface area contributed by atoms with Crippen LogP contribution in [-0.4, -0.2) is 29.1 Å².